The number of ether oxygens (including phenoxy) is 2. The highest BCUT2D eigenvalue weighted by atomic mass is 32.2. The van der Waals surface area contributed by atoms with E-state index in [9.17, 15) is 5.11 Å². The zero-order valence-corrected chi connectivity index (χ0v) is 11.5. The monoisotopic (exact) mass is 276 g/mol. The van der Waals surface area contributed by atoms with Crippen LogP contribution >= 0.6 is 11.8 Å². The van der Waals surface area contributed by atoms with Crippen LogP contribution < -0.4 is 9.47 Å². The summed E-state index contributed by atoms with van der Waals surface area (Å²) in [6, 6.07) is 14.7. The Hall–Kier alpha value is -1.81. The van der Waals surface area contributed by atoms with E-state index in [2.05, 4.69) is 0 Å². The van der Waals surface area contributed by atoms with Crippen molar-refractivity contribution >= 4 is 11.8 Å². The lowest BCUT2D eigenvalue weighted by atomic mass is 10.3. The van der Waals surface area contributed by atoms with Gasteiger partial charge in [0.2, 0.25) is 0 Å². The van der Waals surface area contributed by atoms with Gasteiger partial charge in [-0.2, -0.15) is 0 Å². The van der Waals surface area contributed by atoms with Gasteiger partial charge in [-0.15, -0.1) is 11.8 Å². The van der Waals surface area contributed by atoms with Gasteiger partial charge in [-0.1, -0.05) is 6.07 Å². The Labute approximate surface area is 117 Å². The van der Waals surface area contributed by atoms with Crippen molar-refractivity contribution in [3.8, 4) is 17.2 Å². The second-order valence-electron chi connectivity index (χ2n) is 3.87. The number of benzene rings is 2. The fourth-order valence-electron chi connectivity index (χ4n) is 1.56. The molecule has 1 N–H and O–H groups in total. The number of methoxy groups -OCH3 is 1. The molecule has 2 aromatic rings. The van der Waals surface area contributed by atoms with E-state index in [0.29, 0.717) is 12.4 Å². The highest BCUT2D eigenvalue weighted by Crippen LogP contribution is 2.22. The first-order valence-corrected chi connectivity index (χ1v) is 6.95. The van der Waals surface area contributed by atoms with Gasteiger partial charge >= 0.3 is 0 Å². The van der Waals surface area contributed by atoms with Gasteiger partial charge in [0.05, 0.1) is 13.7 Å². The smallest absolute Gasteiger partial charge is 0.119 e. The number of aromatic hydroxyl groups is 1. The Balaban J connectivity index is 1.74. The molecule has 0 aliphatic carbocycles. The van der Waals surface area contributed by atoms with Gasteiger partial charge in [-0.05, 0) is 42.5 Å². The van der Waals surface area contributed by atoms with E-state index < -0.39 is 0 Å². The average Bonchev–Trinajstić information content (AvgIpc) is 2.44. The van der Waals surface area contributed by atoms with Gasteiger partial charge in [0.25, 0.3) is 0 Å². The highest BCUT2D eigenvalue weighted by molar-refractivity contribution is 7.99. The molecule has 0 saturated heterocycles. The van der Waals surface area contributed by atoms with Gasteiger partial charge in [0.1, 0.15) is 17.2 Å². The van der Waals surface area contributed by atoms with Crippen LogP contribution in [-0.2, 0) is 0 Å². The van der Waals surface area contributed by atoms with E-state index in [0.717, 1.165) is 22.1 Å². The largest absolute Gasteiger partial charge is 0.508 e. The molecule has 0 radical (unpaired) electrons. The molecule has 100 valence electrons. The molecule has 0 spiro atoms. The van der Waals surface area contributed by atoms with E-state index in [1.54, 1.807) is 31.0 Å². The molecule has 0 aliphatic rings. The van der Waals surface area contributed by atoms with Gasteiger partial charge < -0.3 is 14.6 Å². The van der Waals surface area contributed by atoms with Crippen molar-refractivity contribution in [2.45, 2.75) is 4.90 Å². The number of thioether (sulfide) groups is 1. The molecule has 0 heterocycles. The Morgan fingerprint density at radius 2 is 1.79 bits per heavy atom. The van der Waals surface area contributed by atoms with Crippen LogP contribution in [0, 0.1) is 0 Å². The molecule has 0 aliphatic heterocycles. The first-order valence-electron chi connectivity index (χ1n) is 5.96. The summed E-state index contributed by atoms with van der Waals surface area (Å²) in [6.45, 7) is 0.618. The predicted molar refractivity (Wildman–Crippen MR) is 77.3 cm³/mol. The van der Waals surface area contributed by atoms with Gasteiger partial charge in [-0.25, -0.2) is 0 Å². The molecule has 0 aromatic heterocycles. The van der Waals surface area contributed by atoms with Crippen molar-refractivity contribution < 1.29 is 14.6 Å². The van der Waals surface area contributed by atoms with Gasteiger partial charge in [-0.3, -0.25) is 0 Å². The first kappa shape index (κ1) is 13.6. The van der Waals surface area contributed by atoms with E-state index in [-0.39, 0.29) is 0 Å². The maximum Gasteiger partial charge on any atom is 0.119 e. The number of phenolic OH excluding ortho intramolecular Hbond substituents is 1. The van der Waals surface area contributed by atoms with E-state index in [1.165, 1.54) is 0 Å². The molecule has 0 saturated carbocycles. The van der Waals surface area contributed by atoms with Crippen LogP contribution in [0.2, 0.25) is 0 Å². The fourth-order valence-corrected chi connectivity index (χ4v) is 2.35. The predicted octanol–water partition coefficient (Wildman–Crippen LogP) is 3.57. The summed E-state index contributed by atoms with van der Waals surface area (Å²) in [5.41, 5.74) is 0. The quantitative estimate of drug-likeness (QED) is 0.646. The SMILES string of the molecule is COc1ccc(OCCSc2cccc(O)c2)cc1. The summed E-state index contributed by atoms with van der Waals surface area (Å²) in [5, 5.41) is 9.34. The summed E-state index contributed by atoms with van der Waals surface area (Å²) in [6.07, 6.45) is 0. The molecule has 2 aromatic carbocycles. The lowest BCUT2D eigenvalue weighted by Crippen LogP contribution is -1.99. The third-order valence-corrected chi connectivity index (χ3v) is 3.46. The van der Waals surface area contributed by atoms with Crippen LogP contribution in [0.5, 0.6) is 17.2 Å². The Morgan fingerprint density at radius 3 is 2.47 bits per heavy atom. The van der Waals surface area contributed by atoms with E-state index in [4.69, 9.17) is 9.47 Å². The minimum atomic E-state index is 0.293. The van der Waals surface area contributed by atoms with Crippen molar-refractivity contribution in [1.29, 1.82) is 0 Å². The standard InChI is InChI=1S/C15H16O3S/c1-17-13-5-7-14(8-6-13)18-9-10-19-15-4-2-3-12(16)11-15/h2-8,11,16H,9-10H2,1H3. The average molecular weight is 276 g/mol. The van der Waals surface area contributed by atoms with Crippen molar-refractivity contribution in [2.75, 3.05) is 19.5 Å². The van der Waals surface area contributed by atoms with E-state index in [1.807, 2.05) is 36.4 Å². The summed E-state index contributed by atoms with van der Waals surface area (Å²) >= 11 is 1.65. The minimum Gasteiger partial charge on any atom is -0.508 e. The normalized spacial score (nSPS) is 10.2. The highest BCUT2D eigenvalue weighted by Gasteiger charge is 1.98. The van der Waals surface area contributed by atoms with Crippen molar-refractivity contribution in [2.24, 2.45) is 0 Å². The number of hydrogen-bond acceptors (Lipinski definition) is 4. The molecule has 4 heteroatoms. The molecule has 19 heavy (non-hydrogen) atoms. The first-order chi connectivity index (χ1) is 9.28. The Bertz CT molecular complexity index is 511. The van der Waals surface area contributed by atoms with Gasteiger partial charge in [0, 0.05) is 10.6 Å². The fraction of sp³-hybridized carbons (Fsp3) is 0.200. The summed E-state index contributed by atoms with van der Waals surface area (Å²) < 4.78 is 10.7. The third-order valence-electron chi connectivity index (χ3n) is 2.50. The lowest BCUT2D eigenvalue weighted by molar-refractivity contribution is 0.342. The maximum absolute atomic E-state index is 9.34. The van der Waals surface area contributed by atoms with Crippen LogP contribution in [-0.4, -0.2) is 24.6 Å². The second kappa shape index (κ2) is 6.95. The van der Waals surface area contributed by atoms with Crippen molar-refractivity contribution in [1.82, 2.24) is 0 Å². The topological polar surface area (TPSA) is 38.7 Å². The lowest BCUT2D eigenvalue weighted by Gasteiger charge is -2.07. The second-order valence-corrected chi connectivity index (χ2v) is 5.04. The van der Waals surface area contributed by atoms with Crippen LogP contribution in [0.1, 0.15) is 0 Å². The molecule has 0 amide bonds. The van der Waals surface area contributed by atoms with Crippen LogP contribution in [0.15, 0.2) is 53.4 Å². The molecule has 0 fully saturated rings. The maximum atomic E-state index is 9.34. The minimum absolute atomic E-state index is 0.293. The zero-order chi connectivity index (χ0) is 13.5. The van der Waals surface area contributed by atoms with Crippen LogP contribution in [0.3, 0.4) is 0 Å². The number of rotatable bonds is 6. The summed E-state index contributed by atoms with van der Waals surface area (Å²) in [7, 11) is 1.64. The van der Waals surface area contributed by atoms with Gasteiger partial charge in [0.15, 0.2) is 0 Å². The number of hydrogen-bond donors (Lipinski definition) is 1. The zero-order valence-electron chi connectivity index (χ0n) is 10.7. The Kier molecular flexibility index (Phi) is 4.98. The molecule has 0 bridgehead atoms. The molecular formula is C15H16O3S. The van der Waals surface area contributed by atoms with Crippen LogP contribution in [0.4, 0.5) is 0 Å². The number of phenols is 1. The Morgan fingerprint density at radius 1 is 1.05 bits per heavy atom. The van der Waals surface area contributed by atoms with Crippen molar-refractivity contribution in [3.63, 3.8) is 0 Å². The summed E-state index contributed by atoms with van der Waals surface area (Å²) in [4.78, 5) is 1.04. The molecule has 0 unspecified atom stereocenters. The summed E-state index contributed by atoms with van der Waals surface area (Å²) in [5.74, 6) is 2.77. The molecule has 2 rings (SSSR count). The molecule has 3 nitrogen and oxygen atoms in total. The molecule has 0 atom stereocenters. The third kappa shape index (κ3) is 4.41. The van der Waals surface area contributed by atoms with Crippen molar-refractivity contribution in [3.05, 3.63) is 48.5 Å². The van der Waals surface area contributed by atoms with Crippen LogP contribution in [0.25, 0.3) is 0 Å². The molecular weight excluding hydrogens is 260 g/mol. The van der Waals surface area contributed by atoms with E-state index >= 15 is 0 Å².